The van der Waals surface area contributed by atoms with E-state index in [0.29, 0.717) is 5.15 Å². The van der Waals surface area contributed by atoms with E-state index in [1.165, 1.54) is 0 Å². The Labute approximate surface area is 126 Å². The van der Waals surface area contributed by atoms with Crippen LogP contribution >= 0.6 is 11.6 Å². The summed E-state index contributed by atoms with van der Waals surface area (Å²) in [5.41, 5.74) is 0.899. The Bertz CT molecular complexity index is 426. The van der Waals surface area contributed by atoms with Crippen molar-refractivity contribution in [2.75, 3.05) is 45.7 Å². The van der Waals surface area contributed by atoms with Gasteiger partial charge in [0.2, 0.25) is 0 Å². The van der Waals surface area contributed by atoms with Gasteiger partial charge in [-0.25, -0.2) is 9.97 Å². The van der Waals surface area contributed by atoms with Gasteiger partial charge >= 0.3 is 0 Å². The lowest BCUT2D eigenvalue weighted by Gasteiger charge is -2.17. The number of methoxy groups -OCH3 is 1. The highest BCUT2D eigenvalue weighted by molar-refractivity contribution is 6.30. The first kappa shape index (κ1) is 17.1. The molecule has 20 heavy (non-hydrogen) atoms. The average Bonchev–Trinajstić information content (AvgIpc) is 2.40. The van der Waals surface area contributed by atoms with E-state index in [0.717, 1.165) is 43.4 Å². The lowest BCUT2D eigenvalue weighted by atomic mass is 10.2. The second-order valence-corrected chi connectivity index (χ2v) is 5.58. The lowest BCUT2D eigenvalue weighted by molar-refractivity contribution is 0.163. The average molecular weight is 301 g/mol. The molecule has 0 aromatic carbocycles. The van der Waals surface area contributed by atoms with Gasteiger partial charge in [-0.15, -0.1) is 0 Å². The zero-order valence-electron chi connectivity index (χ0n) is 13.0. The van der Waals surface area contributed by atoms with Gasteiger partial charge in [0.25, 0.3) is 0 Å². The zero-order valence-corrected chi connectivity index (χ0v) is 13.8. The van der Waals surface area contributed by atoms with Crippen molar-refractivity contribution in [1.82, 2.24) is 14.9 Å². The monoisotopic (exact) mass is 300 g/mol. The lowest BCUT2D eigenvalue weighted by Crippen LogP contribution is -2.28. The minimum Gasteiger partial charge on any atom is -0.383 e. The van der Waals surface area contributed by atoms with E-state index in [2.05, 4.69) is 41.1 Å². The van der Waals surface area contributed by atoms with E-state index in [-0.39, 0.29) is 5.92 Å². The largest absolute Gasteiger partial charge is 0.383 e. The molecule has 114 valence electrons. The number of aromatic nitrogens is 2. The number of nitrogens with one attached hydrogen (secondary N) is 1. The summed E-state index contributed by atoms with van der Waals surface area (Å²) in [6.45, 7) is 9.44. The summed E-state index contributed by atoms with van der Waals surface area (Å²) < 4.78 is 5.05. The van der Waals surface area contributed by atoms with Crippen LogP contribution in [0.1, 0.15) is 31.2 Å². The molecule has 0 aliphatic rings. The third-order valence-electron chi connectivity index (χ3n) is 3.08. The molecule has 0 aliphatic heterocycles. The van der Waals surface area contributed by atoms with Crippen LogP contribution in [0.15, 0.2) is 0 Å². The summed E-state index contributed by atoms with van der Waals surface area (Å²) in [5.74, 6) is 1.86. The standard InChI is InChI=1S/C14H25ClN4O/c1-10(2)13-17-12(15)11(3)14(18-13)16-6-7-19(4)8-9-20-5/h10H,6-9H2,1-5H3,(H,16,17,18). The number of anilines is 1. The van der Waals surface area contributed by atoms with Crippen LogP contribution in [0.3, 0.4) is 0 Å². The molecule has 0 aliphatic carbocycles. The Balaban J connectivity index is 2.59. The van der Waals surface area contributed by atoms with Gasteiger partial charge in [-0.05, 0) is 14.0 Å². The fourth-order valence-corrected chi connectivity index (χ4v) is 1.84. The normalized spacial score (nSPS) is 11.4. The molecule has 1 aromatic heterocycles. The third-order valence-corrected chi connectivity index (χ3v) is 3.45. The summed E-state index contributed by atoms with van der Waals surface area (Å²) >= 11 is 6.15. The summed E-state index contributed by atoms with van der Waals surface area (Å²) in [6.07, 6.45) is 0. The molecular formula is C14H25ClN4O. The molecule has 0 saturated carbocycles. The molecule has 0 bridgehead atoms. The quantitative estimate of drug-likeness (QED) is 0.748. The minimum absolute atomic E-state index is 0.262. The van der Waals surface area contributed by atoms with Crippen molar-refractivity contribution in [3.05, 3.63) is 16.5 Å². The van der Waals surface area contributed by atoms with Crippen LogP contribution in [-0.2, 0) is 4.74 Å². The van der Waals surface area contributed by atoms with Gasteiger partial charge < -0.3 is 15.0 Å². The van der Waals surface area contributed by atoms with Gasteiger partial charge in [0.15, 0.2) is 0 Å². The highest BCUT2D eigenvalue weighted by Gasteiger charge is 2.11. The Morgan fingerprint density at radius 1 is 1.30 bits per heavy atom. The molecule has 6 heteroatoms. The van der Waals surface area contributed by atoms with E-state index in [4.69, 9.17) is 16.3 Å². The number of hydrogen-bond acceptors (Lipinski definition) is 5. The first-order chi connectivity index (χ1) is 9.45. The number of likely N-dealkylation sites (N-methyl/N-ethyl adjacent to an activating group) is 1. The predicted molar refractivity (Wildman–Crippen MR) is 83.7 cm³/mol. The zero-order chi connectivity index (χ0) is 15.1. The van der Waals surface area contributed by atoms with Crippen LogP contribution in [0.25, 0.3) is 0 Å². The Hall–Kier alpha value is -0.910. The Morgan fingerprint density at radius 3 is 2.60 bits per heavy atom. The molecule has 0 amide bonds. The van der Waals surface area contributed by atoms with E-state index in [1.807, 2.05) is 6.92 Å². The van der Waals surface area contributed by atoms with Crippen LogP contribution in [0.5, 0.6) is 0 Å². The van der Waals surface area contributed by atoms with Crippen molar-refractivity contribution in [1.29, 1.82) is 0 Å². The van der Waals surface area contributed by atoms with E-state index in [9.17, 15) is 0 Å². The molecule has 1 heterocycles. The number of ether oxygens (including phenoxy) is 1. The van der Waals surface area contributed by atoms with Crippen molar-refractivity contribution in [3.8, 4) is 0 Å². The van der Waals surface area contributed by atoms with Gasteiger partial charge in [0, 0.05) is 38.2 Å². The molecule has 0 atom stereocenters. The molecule has 1 aromatic rings. The number of hydrogen-bond donors (Lipinski definition) is 1. The summed E-state index contributed by atoms with van der Waals surface area (Å²) in [4.78, 5) is 11.1. The number of nitrogens with zero attached hydrogens (tertiary/aromatic N) is 3. The molecule has 0 saturated heterocycles. The summed E-state index contributed by atoms with van der Waals surface area (Å²) in [6, 6.07) is 0. The van der Waals surface area contributed by atoms with Crippen molar-refractivity contribution < 1.29 is 4.74 Å². The van der Waals surface area contributed by atoms with Crippen LogP contribution in [-0.4, -0.2) is 55.3 Å². The summed E-state index contributed by atoms with van der Waals surface area (Å²) in [5, 5.41) is 3.87. The second-order valence-electron chi connectivity index (χ2n) is 5.22. The van der Waals surface area contributed by atoms with E-state index < -0.39 is 0 Å². The molecular weight excluding hydrogens is 276 g/mol. The number of halogens is 1. The van der Waals surface area contributed by atoms with Crippen molar-refractivity contribution in [2.45, 2.75) is 26.7 Å². The van der Waals surface area contributed by atoms with Crippen LogP contribution < -0.4 is 5.32 Å². The van der Waals surface area contributed by atoms with Crippen molar-refractivity contribution in [3.63, 3.8) is 0 Å². The van der Waals surface area contributed by atoms with Crippen LogP contribution in [0.2, 0.25) is 5.15 Å². The first-order valence-corrected chi connectivity index (χ1v) is 7.28. The highest BCUT2D eigenvalue weighted by atomic mass is 35.5. The predicted octanol–water partition coefficient (Wildman–Crippen LogP) is 2.55. The maximum absolute atomic E-state index is 6.15. The third kappa shape index (κ3) is 5.23. The molecule has 0 spiro atoms. The smallest absolute Gasteiger partial charge is 0.137 e. The number of rotatable bonds is 8. The van der Waals surface area contributed by atoms with E-state index in [1.54, 1.807) is 7.11 Å². The van der Waals surface area contributed by atoms with Crippen LogP contribution in [0, 0.1) is 6.92 Å². The first-order valence-electron chi connectivity index (χ1n) is 6.91. The maximum atomic E-state index is 6.15. The SMILES string of the molecule is COCCN(C)CCNc1nc(C(C)C)nc(Cl)c1C. The van der Waals surface area contributed by atoms with Crippen LogP contribution in [0.4, 0.5) is 5.82 Å². The van der Waals surface area contributed by atoms with Crippen molar-refractivity contribution in [2.24, 2.45) is 0 Å². The van der Waals surface area contributed by atoms with Gasteiger partial charge in [0.1, 0.15) is 16.8 Å². The van der Waals surface area contributed by atoms with Crippen molar-refractivity contribution >= 4 is 17.4 Å². The molecule has 5 nitrogen and oxygen atoms in total. The van der Waals surface area contributed by atoms with Gasteiger partial charge in [-0.3, -0.25) is 0 Å². The molecule has 1 N–H and O–H groups in total. The fourth-order valence-electron chi connectivity index (χ4n) is 1.66. The topological polar surface area (TPSA) is 50.3 Å². The Morgan fingerprint density at radius 2 is 2.00 bits per heavy atom. The second kappa shape index (κ2) is 8.39. The molecule has 1 rings (SSSR count). The van der Waals surface area contributed by atoms with E-state index >= 15 is 0 Å². The molecule has 0 radical (unpaired) electrons. The minimum atomic E-state index is 0.262. The highest BCUT2D eigenvalue weighted by Crippen LogP contribution is 2.22. The summed E-state index contributed by atoms with van der Waals surface area (Å²) in [7, 11) is 3.78. The Kier molecular flexibility index (Phi) is 7.19. The fraction of sp³-hybridized carbons (Fsp3) is 0.714. The van der Waals surface area contributed by atoms with Gasteiger partial charge in [-0.1, -0.05) is 25.4 Å². The molecule has 0 fully saturated rings. The molecule has 0 unspecified atom stereocenters. The van der Waals surface area contributed by atoms with Gasteiger partial charge in [-0.2, -0.15) is 0 Å². The van der Waals surface area contributed by atoms with Gasteiger partial charge in [0.05, 0.1) is 6.61 Å². The maximum Gasteiger partial charge on any atom is 0.137 e.